The van der Waals surface area contributed by atoms with Crippen LogP contribution in [0.25, 0.3) is 0 Å². The summed E-state index contributed by atoms with van der Waals surface area (Å²) in [4.78, 5) is 11.7. The van der Waals surface area contributed by atoms with Gasteiger partial charge in [-0.3, -0.25) is 4.79 Å². The van der Waals surface area contributed by atoms with Crippen LogP contribution in [0.2, 0.25) is 0 Å². The monoisotopic (exact) mass is 267 g/mol. The largest absolute Gasteiger partial charge is 0.326 e. The van der Waals surface area contributed by atoms with Gasteiger partial charge < -0.3 is 5.32 Å². The quantitative estimate of drug-likeness (QED) is 0.550. The van der Waals surface area contributed by atoms with Gasteiger partial charge in [-0.25, -0.2) is 0 Å². The average Bonchev–Trinajstić information content (AvgIpc) is 2.37. The average molecular weight is 268 g/mol. The Morgan fingerprint density at radius 1 is 1.17 bits per heavy atom. The summed E-state index contributed by atoms with van der Waals surface area (Å²) in [6, 6.07) is 7.89. The van der Waals surface area contributed by atoms with E-state index >= 15 is 0 Å². The fourth-order valence-corrected chi connectivity index (χ4v) is 2.02. The smallest absolute Gasteiger partial charge is 0.224 e. The highest BCUT2D eigenvalue weighted by molar-refractivity contribution is 6.17. The number of halogens is 1. The maximum atomic E-state index is 11.7. The van der Waals surface area contributed by atoms with Gasteiger partial charge in [-0.15, -0.1) is 11.6 Å². The van der Waals surface area contributed by atoms with E-state index in [0.717, 1.165) is 24.9 Å². The summed E-state index contributed by atoms with van der Waals surface area (Å²) in [5, 5.41) is 2.92. The zero-order chi connectivity index (χ0) is 13.2. The molecular formula is C15H22ClNO. The van der Waals surface area contributed by atoms with Crippen LogP contribution in [0.5, 0.6) is 0 Å². The second-order valence-electron chi connectivity index (χ2n) is 4.49. The Kier molecular flexibility index (Phi) is 7.51. The topological polar surface area (TPSA) is 29.1 Å². The van der Waals surface area contributed by atoms with Crippen molar-refractivity contribution in [3.05, 3.63) is 29.8 Å². The van der Waals surface area contributed by atoms with Crippen LogP contribution in [0, 0.1) is 0 Å². The Balaban J connectivity index is 2.30. The SMILES string of the molecule is CCCCCCC(=O)Nc1ccc(CCCl)cc1. The molecule has 0 unspecified atom stereocenters. The van der Waals surface area contributed by atoms with Gasteiger partial charge in [-0.1, -0.05) is 38.3 Å². The summed E-state index contributed by atoms with van der Waals surface area (Å²) >= 11 is 5.67. The molecule has 0 aromatic heterocycles. The predicted molar refractivity (Wildman–Crippen MR) is 78.3 cm³/mol. The molecule has 1 amide bonds. The molecule has 18 heavy (non-hydrogen) atoms. The molecule has 0 aliphatic carbocycles. The fourth-order valence-electron chi connectivity index (χ4n) is 1.80. The van der Waals surface area contributed by atoms with Crippen molar-refractivity contribution in [1.29, 1.82) is 0 Å². The van der Waals surface area contributed by atoms with Crippen LogP contribution in [0.4, 0.5) is 5.69 Å². The van der Waals surface area contributed by atoms with E-state index in [1.807, 2.05) is 24.3 Å². The third kappa shape index (κ3) is 6.06. The molecule has 0 aliphatic heterocycles. The third-order valence-corrected chi connectivity index (χ3v) is 3.07. The van der Waals surface area contributed by atoms with Crippen molar-refractivity contribution >= 4 is 23.2 Å². The van der Waals surface area contributed by atoms with Crippen molar-refractivity contribution in [2.24, 2.45) is 0 Å². The Morgan fingerprint density at radius 3 is 2.50 bits per heavy atom. The number of carbonyl (C=O) groups excluding carboxylic acids is 1. The normalized spacial score (nSPS) is 10.3. The summed E-state index contributed by atoms with van der Waals surface area (Å²) in [6.45, 7) is 2.17. The van der Waals surface area contributed by atoms with Gasteiger partial charge in [0, 0.05) is 18.0 Å². The van der Waals surface area contributed by atoms with E-state index in [1.165, 1.54) is 18.4 Å². The van der Waals surface area contributed by atoms with E-state index in [1.54, 1.807) is 0 Å². The molecule has 1 N–H and O–H groups in total. The van der Waals surface area contributed by atoms with E-state index in [-0.39, 0.29) is 5.91 Å². The maximum absolute atomic E-state index is 11.7. The number of benzene rings is 1. The molecule has 100 valence electrons. The van der Waals surface area contributed by atoms with E-state index in [9.17, 15) is 4.79 Å². The molecule has 1 rings (SSSR count). The van der Waals surface area contributed by atoms with Crippen LogP contribution >= 0.6 is 11.6 Å². The van der Waals surface area contributed by atoms with Crippen LogP contribution in [0.3, 0.4) is 0 Å². The first-order valence-electron chi connectivity index (χ1n) is 6.71. The summed E-state index contributed by atoms with van der Waals surface area (Å²) < 4.78 is 0. The molecule has 0 bridgehead atoms. The van der Waals surface area contributed by atoms with Crippen LogP contribution in [0.15, 0.2) is 24.3 Å². The lowest BCUT2D eigenvalue weighted by Crippen LogP contribution is -2.10. The van der Waals surface area contributed by atoms with Crippen molar-refractivity contribution < 1.29 is 4.79 Å². The second kappa shape index (κ2) is 8.98. The third-order valence-electron chi connectivity index (χ3n) is 2.88. The number of anilines is 1. The molecule has 0 saturated heterocycles. The highest BCUT2D eigenvalue weighted by Crippen LogP contribution is 2.11. The molecule has 0 radical (unpaired) electrons. The molecule has 0 spiro atoms. The van der Waals surface area contributed by atoms with E-state index in [4.69, 9.17) is 11.6 Å². The van der Waals surface area contributed by atoms with Crippen LogP contribution < -0.4 is 5.32 Å². The number of hydrogen-bond donors (Lipinski definition) is 1. The number of rotatable bonds is 8. The number of alkyl halides is 1. The van der Waals surface area contributed by atoms with Gasteiger partial charge in [0.25, 0.3) is 0 Å². The van der Waals surface area contributed by atoms with E-state index in [2.05, 4.69) is 12.2 Å². The highest BCUT2D eigenvalue weighted by Gasteiger charge is 2.02. The lowest BCUT2D eigenvalue weighted by Gasteiger charge is -2.06. The molecule has 0 aliphatic rings. The standard InChI is InChI=1S/C15H22ClNO/c1-2-3-4-5-6-15(18)17-14-9-7-13(8-10-14)11-12-16/h7-10H,2-6,11-12H2,1H3,(H,17,18). The Bertz CT molecular complexity index is 348. The number of aryl methyl sites for hydroxylation is 1. The number of carbonyl (C=O) groups is 1. The van der Waals surface area contributed by atoms with Crippen molar-refractivity contribution in [1.82, 2.24) is 0 Å². The summed E-state index contributed by atoms with van der Waals surface area (Å²) in [5.74, 6) is 0.736. The van der Waals surface area contributed by atoms with Gasteiger partial charge >= 0.3 is 0 Å². The molecule has 0 saturated carbocycles. The van der Waals surface area contributed by atoms with Gasteiger partial charge in [0.05, 0.1) is 0 Å². The van der Waals surface area contributed by atoms with Gasteiger partial charge in [-0.05, 0) is 30.5 Å². The summed E-state index contributed by atoms with van der Waals surface area (Å²) in [6.07, 6.45) is 6.00. The molecule has 2 nitrogen and oxygen atoms in total. The minimum Gasteiger partial charge on any atom is -0.326 e. The predicted octanol–water partition coefficient (Wildman–Crippen LogP) is 4.38. The van der Waals surface area contributed by atoms with Gasteiger partial charge in [-0.2, -0.15) is 0 Å². The van der Waals surface area contributed by atoms with Crippen LogP contribution in [-0.2, 0) is 11.2 Å². The number of amides is 1. The van der Waals surface area contributed by atoms with Crippen LogP contribution in [0.1, 0.15) is 44.6 Å². The molecule has 3 heteroatoms. The van der Waals surface area contributed by atoms with Crippen molar-refractivity contribution in [3.8, 4) is 0 Å². The van der Waals surface area contributed by atoms with E-state index in [0.29, 0.717) is 12.3 Å². The molecule has 0 fully saturated rings. The molecule has 0 atom stereocenters. The lowest BCUT2D eigenvalue weighted by molar-refractivity contribution is -0.116. The summed E-state index contributed by atoms with van der Waals surface area (Å²) in [7, 11) is 0. The van der Waals surface area contributed by atoms with Crippen molar-refractivity contribution in [2.45, 2.75) is 45.4 Å². The van der Waals surface area contributed by atoms with Gasteiger partial charge in [0.2, 0.25) is 5.91 Å². The highest BCUT2D eigenvalue weighted by atomic mass is 35.5. The molecule has 1 aromatic rings. The molecule has 0 heterocycles. The Hall–Kier alpha value is -1.02. The second-order valence-corrected chi connectivity index (χ2v) is 4.87. The first-order valence-corrected chi connectivity index (χ1v) is 7.24. The molecular weight excluding hydrogens is 246 g/mol. The Labute approximate surface area is 115 Å². The minimum atomic E-state index is 0.108. The minimum absolute atomic E-state index is 0.108. The Morgan fingerprint density at radius 2 is 1.89 bits per heavy atom. The first kappa shape index (κ1) is 15.0. The van der Waals surface area contributed by atoms with Crippen molar-refractivity contribution in [2.75, 3.05) is 11.2 Å². The van der Waals surface area contributed by atoms with Crippen molar-refractivity contribution in [3.63, 3.8) is 0 Å². The number of hydrogen-bond acceptors (Lipinski definition) is 1. The zero-order valence-corrected chi connectivity index (χ0v) is 11.8. The summed E-state index contributed by atoms with van der Waals surface area (Å²) in [5.41, 5.74) is 2.07. The van der Waals surface area contributed by atoms with E-state index < -0.39 is 0 Å². The fraction of sp³-hybridized carbons (Fsp3) is 0.533. The van der Waals surface area contributed by atoms with Gasteiger partial charge in [0.15, 0.2) is 0 Å². The first-order chi connectivity index (χ1) is 8.76. The number of unbranched alkanes of at least 4 members (excludes halogenated alkanes) is 3. The van der Waals surface area contributed by atoms with Gasteiger partial charge in [0.1, 0.15) is 0 Å². The maximum Gasteiger partial charge on any atom is 0.224 e. The number of nitrogens with one attached hydrogen (secondary N) is 1. The lowest BCUT2D eigenvalue weighted by atomic mass is 10.1. The molecule has 1 aromatic carbocycles. The van der Waals surface area contributed by atoms with Crippen LogP contribution in [-0.4, -0.2) is 11.8 Å². The zero-order valence-electron chi connectivity index (χ0n) is 11.0.